The first kappa shape index (κ1) is 41.1. The number of carbonyl (C=O) groups is 4. The molecule has 1 rings (SSSR count). The lowest BCUT2D eigenvalue weighted by Crippen LogP contribution is -2.46. The van der Waals surface area contributed by atoms with E-state index in [2.05, 4.69) is 6.92 Å². The number of benzene rings is 1. The molecule has 0 aliphatic heterocycles. The molecule has 46 heavy (non-hydrogen) atoms. The van der Waals surface area contributed by atoms with Crippen molar-refractivity contribution in [3.05, 3.63) is 35.9 Å². The van der Waals surface area contributed by atoms with Crippen LogP contribution in [0.25, 0.3) is 0 Å². The number of nitrogens with zero attached hydrogens (tertiary/aromatic N) is 1. The largest absolute Gasteiger partial charge is 0.480 e. The van der Waals surface area contributed by atoms with Gasteiger partial charge < -0.3 is 19.5 Å². The van der Waals surface area contributed by atoms with E-state index in [0.29, 0.717) is 32.4 Å². The summed E-state index contributed by atoms with van der Waals surface area (Å²) in [6.45, 7) is 8.26. The average molecular weight is 646 g/mol. The number of carboxylic acid groups (broad SMARTS) is 1. The van der Waals surface area contributed by atoms with E-state index < -0.39 is 23.6 Å². The van der Waals surface area contributed by atoms with Gasteiger partial charge in [0.15, 0.2) is 0 Å². The Morgan fingerprint density at radius 2 is 1.22 bits per heavy atom. The summed E-state index contributed by atoms with van der Waals surface area (Å²) < 4.78 is 10.7. The molecule has 0 aliphatic rings. The number of aliphatic carboxylic acids is 1. The summed E-state index contributed by atoms with van der Waals surface area (Å²) in [5.41, 5.74) is 0.344. The van der Waals surface area contributed by atoms with Crippen molar-refractivity contribution in [2.75, 3.05) is 6.54 Å². The average Bonchev–Trinajstić information content (AvgIpc) is 3.00. The lowest BCUT2D eigenvalue weighted by Gasteiger charge is -2.29. The van der Waals surface area contributed by atoms with Crippen LogP contribution in [0.3, 0.4) is 0 Å². The molecule has 0 heterocycles. The van der Waals surface area contributed by atoms with Crippen molar-refractivity contribution in [1.82, 2.24) is 4.90 Å². The number of carboxylic acids is 1. The zero-order valence-electron chi connectivity index (χ0n) is 29.4. The second-order valence-electron chi connectivity index (χ2n) is 13.5. The molecule has 1 aromatic carbocycles. The number of hydrogen-bond acceptors (Lipinski definition) is 6. The van der Waals surface area contributed by atoms with Gasteiger partial charge in [-0.3, -0.25) is 14.4 Å². The van der Waals surface area contributed by atoms with Gasteiger partial charge in [-0.2, -0.15) is 0 Å². The zero-order valence-corrected chi connectivity index (χ0v) is 29.4. The minimum Gasteiger partial charge on any atom is -0.480 e. The number of hydrogen-bond donors (Lipinski definition) is 1. The summed E-state index contributed by atoms with van der Waals surface area (Å²) in [4.78, 5) is 51.4. The third kappa shape index (κ3) is 21.8. The smallest absolute Gasteiger partial charge is 0.326 e. The van der Waals surface area contributed by atoms with Crippen molar-refractivity contribution in [2.24, 2.45) is 0 Å². The normalized spacial score (nSPS) is 12.0. The Labute approximate surface area is 279 Å². The highest BCUT2D eigenvalue weighted by molar-refractivity contribution is 5.84. The molecule has 0 saturated carbocycles. The van der Waals surface area contributed by atoms with Crippen LogP contribution in [-0.4, -0.2) is 52.0 Å². The van der Waals surface area contributed by atoms with Crippen molar-refractivity contribution in [1.29, 1.82) is 0 Å². The predicted octanol–water partition coefficient (Wildman–Crippen LogP) is 9.18. The highest BCUT2D eigenvalue weighted by Gasteiger charge is 2.30. The molecule has 1 unspecified atom stereocenters. The Morgan fingerprint density at radius 1 is 0.696 bits per heavy atom. The molecule has 0 aliphatic carbocycles. The molecule has 8 heteroatoms. The molecule has 0 radical (unpaired) electrons. The molecule has 0 aromatic heterocycles. The van der Waals surface area contributed by atoms with Crippen LogP contribution in [0.1, 0.15) is 162 Å². The number of carbonyl (C=O) groups excluding carboxylic acids is 3. The quantitative estimate of drug-likeness (QED) is 0.0750. The van der Waals surface area contributed by atoms with Crippen LogP contribution in [0, 0.1) is 0 Å². The predicted molar refractivity (Wildman–Crippen MR) is 183 cm³/mol. The minimum absolute atomic E-state index is 0.0411. The van der Waals surface area contributed by atoms with Crippen LogP contribution in [0.4, 0.5) is 0 Å². The summed E-state index contributed by atoms with van der Waals surface area (Å²) in [6, 6.07) is 8.63. The molecular weight excluding hydrogens is 582 g/mol. The maximum absolute atomic E-state index is 13.3. The number of rotatable bonds is 27. The maximum Gasteiger partial charge on any atom is 0.326 e. The van der Waals surface area contributed by atoms with Crippen molar-refractivity contribution in [2.45, 2.75) is 174 Å². The topological polar surface area (TPSA) is 110 Å². The van der Waals surface area contributed by atoms with Gasteiger partial charge in [-0.25, -0.2) is 4.79 Å². The van der Waals surface area contributed by atoms with Crippen LogP contribution in [0.5, 0.6) is 0 Å². The van der Waals surface area contributed by atoms with Gasteiger partial charge in [0.05, 0.1) is 0 Å². The van der Waals surface area contributed by atoms with Crippen molar-refractivity contribution in [3.8, 4) is 0 Å². The Morgan fingerprint density at radius 3 is 1.76 bits per heavy atom. The van der Waals surface area contributed by atoms with E-state index >= 15 is 0 Å². The molecule has 1 aromatic rings. The standard InChI is InChI=1S/C38H63NO7/c1-5-6-7-8-9-10-14-17-23-30-39(33(37(43)44)28-29-36(42)46-38(2,3)4)34(40)26-21-15-12-11-13-16-22-27-35(41)45-31-32-24-19-18-20-25-32/h18-20,24-25,33H,5-17,21-23,26-31H2,1-4H3,(H,43,44). The first-order valence-corrected chi connectivity index (χ1v) is 18.0. The molecule has 1 atom stereocenters. The van der Waals surface area contributed by atoms with Crippen molar-refractivity contribution >= 4 is 23.8 Å². The van der Waals surface area contributed by atoms with Gasteiger partial charge in [0.1, 0.15) is 18.2 Å². The maximum atomic E-state index is 13.3. The van der Waals surface area contributed by atoms with E-state index in [1.54, 1.807) is 20.8 Å². The fourth-order valence-corrected chi connectivity index (χ4v) is 5.49. The summed E-state index contributed by atoms with van der Waals surface area (Å²) in [5.74, 6) is -1.83. The minimum atomic E-state index is -1.07. The number of esters is 2. The van der Waals surface area contributed by atoms with E-state index in [1.165, 1.54) is 37.0 Å². The fourth-order valence-electron chi connectivity index (χ4n) is 5.49. The van der Waals surface area contributed by atoms with Crippen LogP contribution >= 0.6 is 0 Å². The number of ether oxygens (including phenoxy) is 2. The van der Waals surface area contributed by atoms with Gasteiger partial charge in [0, 0.05) is 25.8 Å². The molecular formula is C38H63NO7. The molecule has 0 spiro atoms. The lowest BCUT2D eigenvalue weighted by molar-refractivity contribution is -0.157. The Balaban J connectivity index is 2.42. The SMILES string of the molecule is CCCCCCCCCCCN(C(=O)CCCCCCCCCC(=O)OCc1ccccc1)C(CCC(=O)OC(C)(C)C)C(=O)O. The van der Waals surface area contributed by atoms with Gasteiger partial charge in [-0.05, 0) is 52.0 Å². The van der Waals surface area contributed by atoms with Crippen molar-refractivity contribution in [3.63, 3.8) is 0 Å². The molecule has 8 nitrogen and oxygen atoms in total. The summed E-state index contributed by atoms with van der Waals surface area (Å²) in [6.07, 6.45) is 17.4. The highest BCUT2D eigenvalue weighted by Crippen LogP contribution is 2.18. The molecule has 262 valence electrons. The summed E-state index contributed by atoms with van der Waals surface area (Å²) >= 11 is 0. The molecule has 0 saturated heterocycles. The van der Waals surface area contributed by atoms with Crippen LogP contribution in [-0.2, 0) is 35.3 Å². The van der Waals surface area contributed by atoms with Crippen LogP contribution < -0.4 is 0 Å². The highest BCUT2D eigenvalue weighted by atomic mass is 16.6. The summed E-state index contributed by atoms with van der Waals surface area (Å²) in [7, 11) is 0. The second-order valence-corrected chi connectivity index (χ2v) is 13.5. The van der Waals surface area contributed by atoms with E-state index in [1.807, 2.05) is 30.3 Å². The fraction of sp³-hybridized carbons (Fsp3) is 0.737. The first-order valence-electron chi connectivity index (χ1n) is 18.0. The monoisotopic (exact) mass is 645 g/mol. The van der Waals surface area contributed by atoms with Gasteiger partial charge in [-0.1, -0.05) is 121 Å². The number of unbranched alkanes of at least 4 members (excludes halogenated alkanes) is 14. The van der Waals surface area contributed by atoms with E-state index in [0.717, 1.165) is 69.8 Å². The van der Waals surface area contributed by atoms with Crippen LogP contribution in [0.15, 0.2) is 30.3 Å². The Hall–Kier alpha value is -2.90. The summed E-state index contributed by atoms with van der Waals surface area (Å²) in [5, 5.41) is 10.0. The van der Waals surface area contributed by atoms with Gasteiger partial charge >= 0.3 is 17.9 Å². The molecule has 1 N–H and O–H groups in total. The van der Waals surface area contributed by atoms with Gasteiger partial charge in [-0.15, -0.1) is 0 Å². The van der Waals surface area contributed by atoms with Gasteiger partial charge in [0.2, 0.25) is 5.91 Å². The third-order valence-corrected chi connectivity index (χ3v) is 8.04. The van der Waals surface area contributed by atoms with E-state index in [-0.39, 0.29) is 24.7 Å². The lowest BCUT2D eigenvalue weighted by atomic mass is 10.0. The second kappa shape index (κ2) is 25.2. The van der Waals surface area contributed by atoms with Gasteiger partial charge in [0.25, 0.3) is 0 Å². The van der Waals surface area contributed by atoms with E-state index in [4.69, 9.17) is 9.47 Å². The number of amides is 1. The Bertz CT molecular complexity index is 973. The van der Waals surface area contributed by atoms with E-state index in [9.17, 15) is 24.3 Å². The molecule has 0 fully saturated rings. The Kier molecular flexibility index (Phi) is 22.5. The van der Waals surface area contributed by atoms with Crippen LogP contribution in [0.2, 0.25) is 0 Å². The van der Waals surface area contributed by atoms with Crippen molar-refractivity contribution < 1.29 is 33.8 Å². The molecule has 1 amide bonds. The zero-order chi connectivity index (χ0) is 34.0. The first-order chi connectivity index (χ1) is 22.0. The molecule has 0 bridgehead atoms. The third-order valence-electron chi connectivity index (χ3n) is 8.04.